The highest BCUT2D eigenvalue weighted by Crippen LogP contribution is 2.46. The highest BCUT2D eigenvalue weighted by atomic mass is 32.2. The van der Waals surface area contributed by atoms with Crippen molar-refractivity contribution in [2.24, 2.45) is 5.92 Å². The Morgan fingerprint density at radius 2 is 2.31 bits per heavy atom. The molecule has 3 unspecified atom stereocenters. The summed E-state index contributed by atoms with van der Waals surface area (Å²) in [6, 6.07) is 1.09. The van der Waals surface area contributed by atoms with Crippen molar-refractivity contribution in [1.82, 2.24) is 10.6 Å². The van der Waals surface area contributed by atoms with Gasteiger partial charge in [-0.25, -0.2) is 0 Å². The van der Waals surface area contributed by atoms with Crippen molar-refractivity contribution >= 4 is 17.7 Å². The van der Waals surface area contributed by atoms with Crippen LogP contribution in [0.2, 0.25) is 0 Å². The SMILES string of the molecule is CSC1(CNC(=O)C2CC3CCC2N3)CC1. The molecule has 3 fully saturated rings. The average molecular weight is 240 g/mol. The van der Waals surface area contributed by atoms with Crippen molar-refractivity contribution in [2.75, 3.05) is 12.8 Å². The summed E-state index contributed by atoms with van der Waals surface area (Å²) in [5, 5.41) is 6.68. The summed E-state index contributed by atoms with van der Waals surface area (Å²) < 4.78 is 0.390. The van der Waals surface area contributed by atoms with Crippen LogP contribution in [-0.4, -0.2) is 35.5 Å². The van der Waals surface area contributed by atoms with Gasteiger partial charge in [-0.1, -0.05) is 0 Å². The van der Waals surface area contributed by atoms with E-state index in [4.69, 9.17) is 0 Å². The monoisotopic (exact) mass is 240 g/mol. The normalized spacial score (nSPS) is 38.7. The number of carbonyl (C=O) groups is 1. The molecule has 2 heterocycles. The number of rotatable bonds is 4. The largest absolute Gasteiger partial charge is 0.354 e. The van der Waals surface area contributed by atoms with Gasteiger partial charge in [-0.3, -0.25) is 4.79 Å². The van der Waals surface area contributed by atoms with Gasteiger partial charge in [-0.05, 0) is 38.4 Å². The summed E-state index contributed by atoms with van der Waals surface area (Å²) in [7, 11) is 0. The van der Waals surface area contributed by atoms with E-state index in [2.05, 4.69) is 16.9 Å². The van der Waals surface area contributed by atoms with Gasteiger partial charge in [-0.15, -0.1) is 0 Å². The fourth-order valence-corrected chi connectivity index (χ4v) is 3.81. The van der Waals surface area contributed by atoms with Crippen LogP contribution in [0.25, 0.3) is 0 Å². The lowest BCUT2D eigenvalue weighted by Gasteiger charge is -2.21. The molecular weight excluding hydrogens is 220 g/mol. The topological polar surface area (TPSA) is 41.1 Å². The summed E-state index contributed by atoms with van der Waals surface area (Å²) in [5.41, 5.74) is 0. The predicted octanol–water partition coefficient (Wildman–Crippen LogP) is 1.14. The van der Waals surface area contributed by atoms with Crippen LogP contribution < -0.4 is 10.6 Å². The van der Waals surface area contributed by atoms with Crippen molar-refractivity contribution in [3.63, 3.8) is 0 Å². The van der Waals surface area contributed by atoms with Crippen LogP contribution >= 0.6 is 11.8 Å². The standard InChI is InChI=1S/C12H20N2OS/c1-16-12(4-5-12)7-13-11(15)9-6-8-2-3-10(9)14-8/h8-10,14H,2-7H2,1H3,(H,13,15). The van der Waals surface area contributed by atoms with Crippen LogP contribution in [0, 0.1) is 5.92 Å². The van der Waals surface area contributed by atoms with Crippen LogP contribution in [0.4, 0.5) is 0 Å². The first-order chi connectivity index (χ1) is 7.72. The van der Waals surface area contributed by atoms with Gasteiger partial charge in [0.15, 0.2) is 0 Å². The van der Waals surface area contributed by atoms with Crippen LogP contribution in [0.3, 0.4) is 0 Å². The Morgan fingerprint density at radius 3 is 2.81 bits per heavy atom. The minimum Gasteiger partial charge on any atom is -0.354 e. The molecule has 1 saturated carbocycles. The minimum absolute atomic E-state index is 0.247. The van der Waals surface area contributed by atoms with Crippen molar-refractivity contribution in [2.45, 2.75) is 48.9 Å². The van der Waals surface area contributed by atoms with E-state index in [1.165, 1.54) is 25.7 Å². The van der Waals surface area contributed by atoms with Crippen molar-refractivity contribution in [3.8, 4) is 0 Å². The number of fused-ring (bicyclic) bond motifs is 2. The average Bonchev–Trinajstić information content (AvgIpc) is 2.78. The molecule has 3 aliphatic rings. The molecule has 90 valence electrons. The zero-order valence-electron chi connectivity index (χ0n) is 9.79. The second kappa shape index (κ2) is 3.91. The molecule has 0 aromatic heterocycles. The predicted molar refractivity (Wildman–Crippen MR) is 66.5 cm³/mol. The van der Waals surface area contributed by atoms with E-state index in [0.29, 0.717) is 22.7 Å². The molecule has 16 heavy (non-hydrogen) atoms. The first kappa shape index (κ1) is 10.9. The second-order valence-corrected chi connectivity index (χ2v) is 6.77. The van der Waals surface area contributed by atoms with Gasteiger partial charge in [0.1, 0.15) is 0 Å². The Hall–Kier alpha value is -0.220. The zero-order valence-corrected chi connectivity index (χ0v) is 10.6. The van der Waals surface area contributed by atoms with Crippen molar-refractivity contribution in [3.05, 3.63) is 0 Å². The Morgan fingerprint density at radius 1 is 1.50 bits per heavy atom. The third kappa shape index (κ3) is 1.86. The molecule has 2 N–H and O–H groups in total. The Bertz CT molecular complexity index is 303. The third-order valence-corrected chi connectivity index (χ3v) is 5.88. The molecule has 3 rings (SSSR count). The Labute approximate surface area is 101 Å². The lowest BCUT2D eigenvalue weighted by atomic mass is 9.88. The molecule has 4 heteroatoms. The van der Waals surface area contributed by atoms with Crippen molar-refractivity contribution < 1.29 is 4.79 Å². The summed E-state index contributed by atoms with van der Waals surface area (Å²) in [6.45, 7) is 0.876. The number of carbonyl (C=O) groups excluding carboxylic acids is 1. The molecule has 0 aromatic rings. The van der Waals surface area contributed by atoms with Crippen LogP contribution in [0.1, 0.15) is 32.1 Å². The van der Waals surface area contributed by atoms with E-state index in [1.807, 2.05) is 11.8 Å². The molecule has 2 bridgehead atoms. The van der Waals surface area contributed by atoms with Gasteiger partial charge in [0.05, 0.1) is 5.92 Å². The Balaban J connectivity index is 1.50. The maximum Gasteiger partial charge on any atom is 0.224 e. The fraction of sp³-hybridized carbons (Fsp3) is 0.917. The molecule has 0 radical (unpaired) electrons. The summed E-state index contributed by atoms with van der Waals surface area (Å²) in [5.74, 6) is 0.538. The number of thioether (sulfide) groups is 1. The van der Waals surface area contributed by atoms with E-state index in [9.17, 15) is 4.79 Å². The first-order valence-corrected chi connectivity index (χ1v) is 7.54. The zero-order chi connectivity index (χ0) is 11.2. The van der Waals surface area contributed by atoms with E-state index in [-0.39, 0.29) is 5.92 Å². The van der Waals surface area contributed by atoms with Gasteiger partial charge in [0.2, 0.25) is 5.91 Å². The molecule has 2 saturated heterocycles. The smallest absolute Gasteiger partial charge is 0.224 e. The fourth-order valence-electron chi connectivity index (χ4n) is 3.09. The third-order valence-electron chi connectivity index (χ3n) is 4.46. The number of hydrogen-bond donors (Lipinski definition) is 2. The highest BCUT2D eigenvalue weighted by molar-refractivity contribution is 8.00. The quantitative estimate of drug-likeness (QED) is 0.774. The maximum absolute atomic E-state index is 12.1. The minimum atomic E-state index is 0.247. The van der Waals surface area contributed by atoms with Crippen molar-refractivity contribution in [1.29, 1.82) is 0 Å². The molecule has 3 atom stereocenters. The molecule has 3 nitrogen and oxygen atoms in total. The van der Waals surface area contributed by atoms with Gasteiger partial charge >= 0.3 is 0 Å². The number of nitrogens with one attached hydrogen (secondary N) is 2. The van der Waals surface area contributed by atoms with E-state index in [0.717, 1.165) is 13.0 Å². The first-order valence-electron chi connectivity index (χ1n) is 6.31. The molecule has 1 aliphatic carbocycles. The Kier molecular flexibility index (Phi) is 2.67. The summed E-state index contributed by atoms with van der Waals surface area (Å²) in [4.78, 5) is 12.1. The summed E-state index contributed by atoms with van der Waals surface area (Å²) in [6.07, 6.45) is 8.20. The lowest BCUT2D eigenvalue weighted by molar-refractivity contribution is -0.125. The second-order valence-electron chi connectivity index (χ2n) is 5.49. The van der Waals surface area contributed by atoms with E-state index in [1.54, 1.807) is 0 Å². The van der Waals surface area contributed by atoms with Gasteiger partial charge in [0.25, 0.3) is 0 Å². The molecule has 0 spiro atoms. The highest BCUT2D eigenvalue weighted by Gasteiger charge is 2.45. The van der Waals surface area contributed by atoms with E-state index < -0.39 is 0 Å². The molecule has 0 aromatic carbocycles. The lowest BCUT2D eigenvalue weighted by Crippen LogP contribution is -2.40. The summed E-state index contributed by atoms with van der Waals surface area (Å²) >= 11 is 1.91. The van der Waals surface area contributed by atoms with Gasteiger partial charge in [-0.2, -0.15) is 11.8 Å². The van der Waals surface area contributed by atoms with Gasteiger partial charge < -0.3 is 10.6 Å². The molecule has 1 amide bonds. The molecule has 2 aliphatic heterocycles. The van der Waals surface area contributed by atoms with E-state index >= 15 is 0 Å². The van der Waals surface area contributed by atoms with Crippen LogP contribution in [0.5, 0.6) is 0 Å². The van der Waals surface area contributed by atoms with Crippen LogP contribution in [0.15, 0.2) is 0 Å². The number of hydrogen-bond acceptors (Lipinski definition) is 3. The molecular formula is C12H20N2OS. The maximum atomic E-state index is 12.1. The number of amides is 1. The van der Waals surface area contributed by atoms with Gasteiger partial charge in [0, 0.05) is 23.4 Å². The van der Waals surface area contributed by atoms with Crippen LogP contribution in [-0.2, 0) is 4.79 Å².